The van der Waals surface area contributed by atoms with Crippen LogP contribution in [0.2, 0.25) is 0 Å². The van der Waals surface area contributed by atoms with E-state index in [-0.39, 0.29) is 0 Å². The van der Waals surface area contributed by atoms with Crippen molar-refractivity contribution in [2.45, 2.75) is 120 Å². The molecule has 0 aliphatic heterocycles. The number of para-hydroxylation sites is 3. The van der Waals surface area contributed by atoms with E-state index in [0.29, 0.717) is 6.04 Å². The Morgan fingerprint density at radius 1 is 0.530 bits per heavy atom. The topological polar surface area (TPSA) is 61.8 Å². The van der Waals surface area contributed by atoms with E-state index in [1.165, 1.54) is 69.1 Å². The Morgan fingerprint density at radius 3 is 1.06 bits per heavy atom. The fourth-order valence-corrected chi connectivity index (χ4v) is 4.97. The molecular formula is C57H110N8O. The van der Waals surface area contributed by atoms with Gasteiger partial charge in [-0.15, -0.1) is 0 Å². The molecule has 1 aromatic heterocycles. The molecule has 0 atom stereocenters. The van der Waals surface area contributed by atoms with Crippen LogP contribution in [0, 0.1) is 5.92 Å². The van der Waals surface area contributed by atoms with Gasteiger partial charge in [0.2, 0.25) is 0 Å². The van der Waals surface area contributed by atoms with Gasteiger partial charge in [0.15, 0.2) is 0 Å². The maximum Gasteiger partial charge on any atom is 0.103 e. The third-order valence-corrected chi connectivity index (χ3v) is 9.88. The fraction of sp³-hybridized carbons (Fsp3) is 0.614. The first kappa shape index (κ1) is 71.3. The number of benzene rings is 3. The molecule has 9 heteroatoms. The summed E-state index contributed by atoms with van der Waals surface area (Å²) in [5, 5.41) is 4.24. The van der Waals surface area contributed by atoms with Crippen molar-refractivity contribution < 1.29 is 4.42 Å². The van der Waals surface area contributed by atoms with Crippen LogP contribution < -0.4 is 15.5 Å². The average molecular weight is 924 g/mol. The number of nitrogens with two attached hydrogens (primary N) is 1. The summed E-state index contributed by atoms with van der Waals surface area (Å²) in [6, 6.07) is 35.4. The maximum atomic E-state index is 4.98. The fourth-order valence-electron chi connectivity index (χ4n) is 4.97. The van der Waals surface area contributed by atoms with Gasteiger partial charge in [-0.2, -0.15) is 0 Å². The maximum absolute atomic E-state index is 4.98. The molecule has 1 saturated carbocycles. The minimum Gasteiger partial charge on any atom is -0.469 e. The van der Waals surface area contributed by atoms with Crippen LogP contribution >= 0.6 is 0 Å². The second-order valence-corrected chi connectivity index (χ2v) is 17.3. The van der Waals surface area contributed by atoms with E-state index in [1.54, 1.807) is 6.26 Å². The molecule has 66 heavy (non-hydrogen) atoms. The van der Waals surface area contributed by atoms with Gasteiger partial charge in [-0.1, -0.05) is 148 Å². The highest BCUT2D eigenvalue weighted by Crippen LogP contribution is 2.25. The molecule has 3 aromatic carbocycles. The predicted octanol–water partition coefficient (Wildman–Crippen LogP) is 13.5. The van der Waals surface area contributed by atoms with Gasteiger partial charge >= 0.3 is 0 Å². The number of anilines is 3. The van der Waals surface area contributed by atoms with Gasteiger partial charge in [0.25, 0.3) is 0 Å². The number of hydrogen-bond acceptors (Lipinski definition) is 9. The summed E-state index contributed by atoms with van der Waals surface area (Å²) >= 11 is 0. The quantitative estimate of drug-likeness (QED) is 0.157. The first-order valence-corrected chi connectivity index (χ1v) is 24.8. The lowest BCUT2D eigenvalue weighted by molar-refractivity contribution is 0.0244. The zero-order valence-corrected chi connectivity index (χ0v) is 47.4. The van der Waals surface area contributed by atoms with Crippen LogP contribution in [-0.2, 0) is 6.42 Å². The zero-order valence-electron chi connectivity index (χ0n) is 47.4. The average Bonchev–Trinajstić information content (AvgIpc) is 3.88. The number of nitrogens with zero attached hydrogens (tertiary/aromatic N) is 7. The van der Waals surface area contributed by atoms with Crippen molar-refractivity contribution in [3.05, 3.63) is 115 Å². The molecular weight excluding hydrogens is 813 g/mol. The molecule has 2 N–H and O–H groups in total. The second kappa shape index (κ2) is 52.3. The Balaban J connectivity index is -0.000000217. The van der Waals surface area contributed by atoms with E-state index in [9.17, 15) is 0 Å². The highest BCUT2D eigenvalue weighted by molar-refractivity contribution is 5.61. The number of hydrazine groups is 1. The Hall–Kier alpha value is -3.70. The van der Waals surface area contributed by atoms with Gasteiger partial charge in [0, 0.05) is 71.8 Å². The Kier molecular flexibility index (Phi) is 56.5. The summed E-state index contributed by atoms with van der Waals surface area (Å²) in [7, 11) is 26.0. The van der Waals surface area contributed by atoms with Crippen LogP contribution in [0.3, 0.4) is 0 Å². The molecule has 384 valence electrons. The van der Waals surface area contributed by atoms with Gasteiger partial charge in [0.1, 0.15) is 5.76 Å². The van der Waals surface area contributed by atoms with Crippen LogP contribution in [0.1, 0.15) is 113 Å². The van der Waals surface area contributed by atoms with Crippen LogP contribution in [0.5, 0.6) is 0 Å². The molecule has 9 nitrogen and oxygen atoms in total. The molecule has 0 spiro atoms. The lowest BCUT2D eigenvalue weighted by Gasteiger charge is -2.27. The van der Waals surface area contributed by atoms with Gasteiger partial charge in [0.05, 0.1) is 6.26 Å². The van der Waals surface area contributed by atoms with Crippen LogP contribution in [0.15, 0.2) is 114 Å². The number of rotatable bonds is 10. The lowest BCUT2D eigenvalue weighted by atomic mass is 9.88. The molecule has 0 radical (unpaired) electrons. The van der Waals surface area contributed by atoms with Crippen molar-refractivity contribution in [2.24, 2.45) is 11.7 Å². The van der Waals surface area contributed by atoms with E-state index in [2.05, 4.69) is 194 Å². The van der Waals surface area contributed by atoms with Gasteiger partial charge in [-0.05, 0) is 137 Å². The third kappa shape index (κ3) is 49.7. The normalized spacial score (nSPS) is 11.2. The summed E-state index contributed by atoms with van der Waals surface area (Å²) in [4.78, 5) is 10.6. The molecule has 4 aromatic rings. The van der Waals surface area contributed by atoms with Crippen LogP contribution in [-0.4, -0.2) is 142 Å². The monoisotopic (exact) mass is 923 g/mol. The predicted molar refractivity (Wildman–Crippen MR) is 302 cm³/mol. The summed E-state index contributed by atoms with van der Waals surface area (Å²) < 4.78 is 4.98. The van der Waals surface area contributed by atoms with Gasteiger partial charge in [-0.3, -0.25) is 0 Å². The molecule has 1 heterocycles. The van der Waals surface area contributed by atoms with Crippen molar-refractivity contribution >= 4 is 17.1 Å². The molecule has 0 bridgehead atoms. The smallest absolute Gasteiger partial charge is 0.103 e. The zero-order chi connectivity index (χ0) is 51.7. The number of aryl methyl sites for hydroxylation is 1. The highest BCUT2D eigenvalue weighted by Gasteiger charge is 2.09. The van der Waals surface area contributed by atoms with E-state index >= 15 is 0 Å². The van der Waals surface area contributed by atoms with Crippen molar-refractivity contribution in [3.63, 3.8) is 0 Å². The van der Waals surface area contributed by atoms with Crippen LogP contribution in [0.25, 0.3) is 0 Å². The number of hydrogen-bond donors (Lipinski definition) is 1. The Bertz CT molecular complexity index is 1360. The summed E-state index contributed by atoms with van der Waals surface area (Å²) in [6.45, 7) is 22.9. The SMILES string of the molecule is CC(C)N(C)N(C)C.CCC.CCC1CCCCC1.CCN(C)C.CCN(C)CC.CCc1ccco1.CN.CN(C)C.CN(C)c1ccccc1.CN(c1ccccc1)c1ccccc1. The largest absolute Gasteiger partial charge is 0.469 e. The summed E-state index contributed by atoms with van der Waals surface area (Å²) in [6.07, 6.45) is 12.9. The first-order chi connectivity index (χ1) is 31.3. The van der Waals surface area contributed by atoms with E-state index in [1.807, 2.05) is 96.7 Å². The van der Waals surface area contributed by atoms with E-state index < -0.39 is 0 Å². The second-order valence-electron chi connectivity index (χ2n) is 17.3. The summed E-state index contributed by atoms with van der Waals surface area (Å²) in [5.74, 6) is 2.14. The van der Waals surface area contributed by atoms with Gasteiger partial charge in [-0.25, -0.2) is 10.0 Å². The summed E-state index contributed by atoms with van der Waals surface area (Å²) in [5.41, 5.74) is 8.16. The number of furan rings is 1. The first-order valence-electron chi connectivity index (χ1n) is 24.8. The Labute approximate surface area is 412 Å². The van der Waals surface area contributed by atoms with Crippen molar-refractivity contribution in [3.8, 4) is 0 Å². The lowest BCUT2D eigenvalue weighted by Crippen LogP contribution is -2.38. The molecule has 5 rings (SSSR count). The minimum absolute atomic E-state index is 0.602. The molecule has 1 fully saturated rings. The van der Waals surface area contributed by atoms with E-state index in [4.69, 9.17) is 4.42 Å². The van der Waals surface area contributed by atoms with Crippen molar-refractivity contribution in [1.29, 1.82) is 0 Å². The van der Waals surface area contributed by atoms with E-state index in [0.717, 1.165) is 37.7 Å². The molecule has 1 aliphatic carbocycles. The van der Waals surface area contributed by atoms with Crippen molar-refractivity contribution in [1.82, 2.24) is 24.7 Å². The minimum atomic E-state index is 0.602. The molecule has 1 aliphatic rings. The molecule has 0 unspecified atom stereocenters. The standard InChI is InChI=1S/C13H13N.C8H11N.C8H16.C6H16N2.C6H8O.C5H13N.C4H11N.C3H9N.C3H8.CH5N/c1-14(12-8-4-2-5-9-12)13-10-6-3-7-11-13;1-9(2)8-6-4-3-5-7-8;1-2-8-6-4-3-5-7-8;1-6(2)8(5)7(3)4;1-2-6-4-3-5-7-6;1-4-6(3)5-2;1-4-5(2)3;1-4(2)3;1-3-2;1-2/h2-11H,1H3;3-7H,1-2H3;8H,2-7H2,1H3;6H,1-5H3;3-5H,2H2,1H3;4-5H2,1-3H3;4H2,1-3H3;1-3H3;3H2,1-2H3;2H2,1H3. The third-order valence-electron chi connectivity index (χ3n) is 9.88. The van der Waals surface area contributed by atoms with Crippen LogP contribution in [0.4, 0.5) is 17.1 Å². The molecule has 0 amide bonds. The highest BCUT2D eigenvalue weighted by atomic mass is 16.3. The van der Waals surface area contributed by atoms with Crippen molar-refractivity contribution in [2.75, 3.05) is 121 Å². The Morgan fingerprint density at radius 2 is 0.894 bits per heavy atom. The van der Waals surface area contributed by atoms with Gasteiger partial charge < -0.3 is 34.7 Å². The molecule has 0 saturated heterocycles.